The van der Waals surface area contributed by atoms with Crippen LogP contribution in [0.15, 0.2) is 48.5 Å². The third-order valence-electron chi connectivity index (χ3n) is 4.75. The molecule has 8 heteroatoms. The Bertz CT molecular complexity index is 858. The molecule has 0 bridgehead atoms. The van der Waals surface area contributed by atoms with Gasteiger partial charge >= 0.3 is 12.2 Å². The molecule has 0 aliphatic carbocycles. The Morgan fingerprint density at radius 2 is 1.68 bits per heavy atom. The number of nitrogens with one attached hydrogen (secondary N) is 1. The highest BCUT2D eigenvalue weighted by Gasteiger charge is 2.31. The van der Waals surface area contributed by atoms with E-state index in [0.29, 0.717) is 31.5 Å². The maximum atomic E-state index is 12.8. The number of hydrogen-bond acceptors (Lipinski definition) is 3. The summed E-state index contributed by atoms with van der Waals surface area (Å²) in [6.07, 6.45) is -3.54. The topological polar surface area (TPSA) is 69.6 Å². The zero-order valence-corrected chi connectivity index (χ0v) is 14.9. The number of Topliss-reactive ketones (excluding diaryl/α,β-unsaturated/α-hetero) is 1. The first-order valence-electron chi connectivity index (χ1n) is 8.80. The molecule has 0 aromatic heterocycles. The van der Waals surface area contributed by atoms with Gasteiger partial charge in [-0.1, -0.05) is 6.07 Å². The molecule has 0 saturated carbocycles. The van der Waals surface area contributed by atoms with Gasteiger partial charge in [0.2, 0.25) is 0 Å². The monoisotopic (exact) mass is 392 g/mol. The summed E-state index contributed by atoms with van der Waals surface area (Å²) in [6, 6.07) is 9.99. The summed E-state index contributed by atoms with van der Waals surface area (Å²) in [5.41, 5.74) is -0.254. The second-order valence-electron chi connectivity index (χ2n) is 6.68. The number of urea groups is 1. The van der Waals surface area contributed by atoms with E-state index in [9.17, 15) is 27.9 Å². The average Bonchev–Trinajstić information content (AvgIpc) is 2.68. The smallest absolute Gasteiger partial charge is 0.416 e. The van der Waals surface area contributed by atoms with Crippen molar-refractivity contribution in [3.63, 3.8) is 0 Å². The number of benzene rings is 2. The van der Waals surface area contributed by atoms with Crippen LogP contribution in [-0.2, 0) is 6.18 Å². The summed E-state index contributed by atoms with van der Waals surface area (Å²) >= 11 is 0. The molecule has 2 N–H and O–H groups in total. The zero-order chi connectivity index (χ0) is 20.3. The van der Waals surface area contributed by atoms with Crippen molar-refractivity contribution in [1.82, 2.24) is 4.90 Å². The van der Waals surface area contributed by atoms with Gasteiger partial charge in [-0.15, -0.1) is 0 Å². The first-order valence-corrected chi connectivity index (χ1v) is 8.80. The third-order valence-corrected chi connectivity index (χ3v) is 4.75. The first kappa shape index (κ1) is 19.7. The molecule has 1 aliphatic rings. The second-order valence-corrected chi connectivity index (χ2v) is 6.68. The van der Waals surface area contributed by atoms with Crippen molar-refractivity contribution in [3.05, 3.63) is 59.7 Å². The van der Waals surface area contributed by atoms with Crippen LogP contribution >= 0.6 is 0 Å². The van der Waals surface area contributed by atoms with E-state index in [1.54, 1.807) is 12.1 Å². The highest BCUT2D eigenvalue weighted by molar-refractivity contribution is 5.98. The Morgan fingerprint density at radius 3 is 2.29 bits per heavy atom. The predicted octanol–water partition coefficient (Wildman–Crippen LogP) is 4.54. The lowest BCUT2D eigenvalue weighted by Crippen LogP contribution is -2.42. The molecular weight excluding hydrogens is 373 g/mol. The Morgan fingerprint density at radius 1 is 1.04 bits per heavy atom. The Kier molecular flexibility index (Phi) is 5.58. The Hall–Kier alpha value is -3.03. The molecule has 5 nitrogen and oxygen atoms in total. The van der Waals surface area contributed by atoms with Crippen LogP contribution in [0.5, 0.6) is 5.75 Å². The molecule has 148 valence electrons. The number of anilines is 1. The maximum Gasteiger partial charge on any atom is 0.416 e. The van der Waals surface area contributed by atoms with Crippen LogP contribution in [0.2, 0.25) is 0 Å². The third kappa shape index (κ3) is 4.62. The standard InChI is InChI=1S/C20H19F3N2O3/c21-20(22,23)15-2-1-3-16(12-15)24-19(28)25-10-8-14(9-11-25)18(27)13-4-6-17(26)7-5-13/h1-7,12,14,26H,8-11H2,(H,24,28). The summed E-state index contributed by atoms with van der Waals surface area (Å²) in [7, 11) is 0. The fourth-order valence-corrected chi connectivity index (χ4v) is 3.18. The largest absolute Gasteiger partial charge is 0.508 e. The molecule has 1 aliphatic heterocycles. The van der Waals surface area contributed by atoms with Gasteiger partial charge in [0.05, 0.1) is 5.56 Å². The maximum absolute atomic E-state index is 12.8. The van der Waals surface area contributed by atoms with Crippen molar-refractivity contribution in [3.8, 4) is 5.75 Å². The number of aromatic hydroxyl groups is 1. The van der Waals surface area contributed by atoms with Crippen molar-refractivity contribution >= 4 is 17.5 Å². The van der Waals surface area contributed by atoms with Crippen LogP contribution in [0.25, 0.3) is 0 Å². The molecule has 0 radical (unpaired) electrons. The number of piperidine rings is 1. The fraction of sp³-hybridized carbons (Fsp3) is 0.300. The van der Waals surface area contributed by atoms with E-state index in [-0.39, 0.29) is 23.1 Å². The van der Waals surface area contributed by atoms with E-state index < -0.39 is 17.8 Å². The van der Waals surface area contributed by atoms with Crippen LogP contribution in [0.1, 0.15) is 28.8 Å². The molecule has 3 rings (SSSR count). The van der Waals surface area contributed by atoms with Crippen molar-refractivity contribution in [2.24, 2.45) is 5.92 Å². The minimum atomic E-state index is -4.48. The molecule has 2 amide bonds. The summed E-state index contributed by atoms with van der Waals surface area (Å²) in [6.45, 7) is 0.665. The minimum absolute atomic E-state index is 0.0436. The van der Waals surface area contributed by atoms with Crippen LogP contribution in [0.3, 0.4) is 0 Å². The SMILES string of the molecule is O=C(c1ccc(O)cc1)C1CCN(C(=O)Nc2cccc(C(F)(F)F)c2)CC1. The van der Waals surface area contributed by atoms with E-state index in [4.69, 9.17) is 0 Å². The number of carbonyl (C=O) groups is 2. The molecule has 28 heavy (non-hydrogen) atoms. The van der Waals surface area contributed by atoms with Gasteiger partial charge < -0.3 is 15.3 Å². The Labute approximate surface area is 159 Å². The molecule has 1 saturated heterocycles. The molecular formula is C20H19F3N2O3. The number of hydrogen-bond donors (Lipinski definition) is 2. The summed E-state index contributed by atoms with van der Waals surface area (Å²) in [5.74, 6) is -0.197. The van der Waals surface area contributed by atoms with Crippen molar-refractivity contribution in [1.29, 1.82) is 0 Å². The number of alkyl halides is 3. The Balaban J connectivity index is 1.57. The molecule has 1 heterocycles. The van der Waals surface area contributed by atoms with Crippen molar-refractivity contribution < 1.29 is 27.9 Å². The predicted molar refractivity (Wildman–Crippen MR) is 97.2 cm³/mol. The summed E-state index contributed by atoms with van der Waals surface area (Å²) in [4.78, 5) is 26.3. The number of halogens is 3. The van der Waals surface area contributed by atoms with Gasteiger partial charge in [0, 0.05) is 30.3 Å². The average molecular weight is 392 g/mol. The lowest BCUT2D eigenvalue weighted by molar-refractivity contribution is -0.137. The van der Waals surface area contributed by atoms with E-state index in [1.165, 1.54) is 29.2 Å². The lowest BCUT2D eigenvalue weighted by Gasteiger charge is -2.31. The number of rotatable bonds is 3. The summed E-state index contributed by atoms with van der Waals surface area (Å²) in [5, 5.41) is 11.8. The minimum Gasteiger partial charge on any atom is -0.508 e. The normalized spacial score (nSPS) is 15.3. The number of phenols is 1. The molecule has 2 aromatic rings. The van der Waals surface area contributed by atoms with Gasteiger partial charge in [-0.3, -0.25) is 4.79 Å². The van der Waals surface area contributed by atoms with Crippen molar-refractivity contribution in [2.75, 3.05) is 18.4 Å². The highest BCUT2D eigenvalue weighted by atomic mass is 19.4. The van der Waals surface area contributed by atoms with Gasteiger partial charge in [0.15, 0.2) is 5.78 Å². The molecule has 2 aromatic carbocycles. The molecule has 0 spiro atoms. The highest BCUT2D eigenvalue weighted by Crippen LogP contribution is 2.31. The van der Waals surface area contributed by atoms with E-state index in [2.05, 4.69) is 5.32 Å². The van der Waals surface area contributed by atoms with Gasteiger partial charge in [-0.05, 0) is 55.3 Å². The molecule has 0 atom stereocenters. The second kappa shape index (κ2) is 7.92. The van der Waals surface area contributed by atoms with Crippen LogP contribution in [-0.4, -0.2) is 34.9 Å². The molecule has 0 unspecified atom stereocenters. The molecule has 1 fully saturated rings. The van der Waals surface area contributed by atoms with E-state index >= 15 is 0 Å². The van der Waals surface area contributed by atoms with Gasteiger partial charge in [-0.25, -0.2) is 4.79 Å². The number of phenolic OH excluding ortho intramolecular Hbond substituents is 1. The van der Waals surface area contributed by atoms with Crippen LogP contribution in [0, 0.1) is 5.92 Å². The lowest BCUT2D eigenvalue weighted by atomic mass is 9.89. The fourth-order valence-electron chi connectivity index (χ4n) is 3.18. The van der Waals surface area contributed by atoms with E-state index in [1.807, 2.05) is 0 Å². The first-order chi connectivity index (χ1) is 13.2. The number of nitrogens with zero attached hydrogens (tertiary/aromatic N) is 1. The summed E-state index contributed by atoms with van der Waals surface area (Å²) < 4.78 is 38.3. The van der Waals surface area contributed by atoms with E-state index in [0.717, 1.165) is 12.1 Å². The van der Waals surface area contributed by atoms with Gasteiger partial charge in [0.25, 0.3) is 0 Å². The van der Waals surface area contributed by atoms with Gasteiger partial charge in [-0.2, -0.15) is 13.2 Å². The number of carbonyl (C=O) groups excluding carboxylic acids is 2. The number of likely N-dealkylation sites (tertiary alicyclic amines) is 1. The number of ketones is 1. The van der Waals surface area contributed by atoms with Crippen molar-refractivity contribution in [2.45, 2.75) is 19.0 Å². The van der Waals surface area contributed by atoms with Crippen LogP contribution in [0.4, 0.5) is 23.7 Å². The van der Waals surface area contributed by atoms with Crippen LogP contribution < -0.4 is 5.32 Å². The quantitative estimate of drug-likeness (QED) is 0.754. The zero-order valence-electron chi connectivity index (χ0n) is 14.9. The van der Waals surface area contributed by atoms with Gasteiger partial charge in [0.1, 0.15) is 5.75 Å². The number of amides is 2.